The fourth-order valence-corrected chi connectivity index (χ4v) is 2.63. The highest BCUT2D eigenvalue weighted by atomic mass is 31.2. The fraction of sp³-hybridized carbons (Fsp3) is 0. The van der Waals surface area contributed by atoms with Crippen molar-refractivity contribution in [2.24, 2.45) is 0 Å². The second-order valence-corrected chi connectivity index (χ2v) is 6.49. The van der Waals surface area contributed by atoms with Crippen LogP contribution >= 0.6 is 15.6 Å². The number of phosphoric ester groups is 2. The fourth-order valence-electron chi connectivity index (χ4n) is 1.81. The first-order valence-electron chi connectivity index (χ1n) is 5.84. The first-order valence-corrected chi connectivity index (χ1v) is 8.90. The summed E-state index contributed by atoms with van der Waals surface area (Å²) < 4.78 is 31.3. The normalized spacial score (nSPS) is 12.0. The van der Waals surface area contributed by atoms with E-state index in [4.69, 9.17) is 19.6 Å². The van der Waals surface area contributed by atoms with Gasteiger partial charge >= 0.3 is 15.6 Å². The molecule has 0 fully saturated rings. The highest BCUT2D eigenvalue weighted by Crippen LogP contribution is 2.49. The van der Waals surface area contributed by atoms with Gasteiger partial charge in [-0.2, -0.15) is 0 Å². The lowest BCUT2D eigenvalue weighted by Gasteiger charge is -2.16. The highest BCUT2D eigenvalue weighted by Gasteiger charge is 2.25. The number of benzene rings is 2. The summed E-state index contributed by atoms with van der Waals surface area (Å²) in [5, 5.41) is 0. The molecule has 118 valence electrons. The Morgan fingerprint density at radius 3 is 1.55 bits per heavy atom. The van der Waals surface area contributed by atoms with E-state index in [2.05, 4.69) is 9.05 Å². The summed E-state index contributed by atoms with van der Waals surface area (Å²) in [6, 6.07) is 12.0. The summed E-state index contributed by atoms with van der Waals surface area (Å²) in [7, 11) is -9.71. The standard InChI is InChI=1S/C12H12O8P2/c13-21(14,15)19-10-7-4-8-11(20-22(16,17)18)12(10)9-5-2-1-3-6-9/h1-8H,(H2,13,14,15)(H2,16,17,18). The minimum Gasteiger partial charge on any atom is -0.403 e. The Morgan fingerprint density at radius 1 is 0.682 bits per heavy atom. The van der Waals surface area contributed by atoms with E-state index < -0.39 is 15.6 Å². The highest BCUT2D eigenvalue weighted by molar-refractivity contribution is 7.47. The molecule has 0 saturated carbocycles. The van der Waals surface area contributed by atoms with Gasteiger partial charge in [-0.25, -0.2) is 9.13 Å². The van der Waals surface area contributed by atoms with E-state index >= 15 is 0 Å². The van der Waals surface area contributed by atoms with Gasteiger partial charge in [0.15, 0.2) is 0 Å². The molecule has 2 aromatic carbocycles. The van der Waals surface area contributed by atoms with Crippen LogP contribution in [0, 0.1) is 0 Å². The van der Waals surface area contributed by atoms with E-state index in [0.29, 0.717) is 5.56 Å². The SMILES string of the molecule is O=P(O)(O)Oc1cccc(OP(=O)(O)O)c1-c1ccccc1. The summed E-state index contributed by atoms with van der Waals surface area (Å²) in [5.74, 6) is -0.518. The molecule has 0 aliphatic rings. The molecule has 0 spiro atoms. The molecule has 2 rings (SSSR count). The van der Waals surface area contributed by atoms with Crippen molar-refractivity contribution in [2.45, 2.75) is 0 Å². The van der Waals surface area contributed by atoms with Gasteiger partial charge in [0.25, 0.3) is 0 Å². The molecule has 0 amide bonds. The first kappa shape index (κ1) is 16.7. The second-order valence-electron chi connectivity index (χ2n) is 4.16. The van der Waals surface area contributed by atoms with Crippen LogP contribution in [-0.4, -0.2) is 19.6 Å². The zero-order valence-electron chi connectivity index (χ0n) is 10.9. The Balaban J connectivity index is 2.62. The molecule has 0 aromatic heterocycles. The van der Waals surface area contributed by atoms with Crippen LogP contribution in [0.15, 0.2) is 48.5 Å². The Labute approximate surface area is 125 Å². The van der Waals surface area contributed by atoms with E-state index in [1.165, 1.54) is 18.2 Å². The van der Waals surface area contributed by atoms with Crippen LogP contribution in [0.25, 0.3) is 11.1 Å². The van der Waals surface area contributed by atoms with Gasteiger partial charge in [-0.3, -0.25) is 19.6 Å². The predicted octanol–water partition coefficient (Wildman–Crippen LogP) is 2.30. The Kier molecular flexibility index (Phi) is 4.72. The second kappa shape index (κ2) is 6.22. The molecule has 2 aromatic rings. The third kappa shape index (κ3) is 4.68. The molecule has 0 aliphatic heterocycles. The van der Waals surface area contributed by atoms with E-state index in [9.17, 15) is 9.13 Å². The van der Waals surface area contributed by atoms with Crippen LogP contribution < -0.4 is 9.05 Å². The molecular weight excluding hydrogens is 334 g/mol. The molecular formula is C12H12O8P2. The van der Waals surface area contributed by atoms with Crippen LogP contribution in [-0.2, 0) is 9.13 Å². The maximum atomic E-state index is 11.1. The molecule has 0 atom stereocenters. The minimum atomic E-state index is -4.86. The van der Waals surface area contributed by atoms with Gasteiger partial charge in [0.2, 0.25) is 0 Å². The smallest absolute Gasteiger partial charge is 0.403 e. The number of hydrogen-bond acceptors (Lipinski definition) is 4. The van der Waals surface area contributed by atoms with Crippen LogP contribution in [0.4, 0.5) is 0 Å². The number of phosphoric acid groups is 2. The maximum Gasteiger partial charge on any atom is 0.524 e. The summed E-state index contributed by atoms with van der Waals surface area (Å²) in [5.41, 5.74) is 0.435. The molecule has 0 bridgehead atoms. The number of hydrogen-bond donors (Lipinski definition) is 4. The molecule has 0 saturated heterocycles. The van der Waals surface area contributed by atoms with E-state index in [0.717, 1.165) is 0 Å². The first-order chi connectivity index (χ1) is 10.2. The van der Waals surface area contributed by atoms with Crippen molar-refractivity contribution < 1.29 is 37.8 Å². The predicted molar refractivity (Wildman–Crippen MR) is 77.2 cm³/mol. The average molecular weight is 346 g/mol. The van der Waals surface area contributed by atoms with Crippen molar-refractivity contribution >= 4 is 15.6 Å². The van der Waals surface area contributed by atoms with Gasteiger partial charge in [0.1, 0.15) is 11.5 Å². The van der Waals surface area contributed by atoms with Crippen molar-refractivity contribution in [3.63, 3.8) is 0 Å². The monoisotopic (exact) mass is 346 g/mol. The van der Waals surface area contributed by atoms with E-state index in [1.807, 2.05) is 0 Å². The van der Waals surface area contributed by atoms with E-state index in [-0.39, 0.29) is 17.1 Å². The largest absolute Gasteiger partial charge is 0.524 e. The molecule has 0 aliphatic carbocycles. The lowest BCUT2D eigenvalue weighted by Crippen LogP contribution is -1.97. The molecule has 8 nitrogen and oxygen atoms in total. The van der Waals surface area contributed by atoms with Gasteiger partial charge < -0.3 is 9.05 Å². The molecule has 0 radical (unpaired) electrons. The van der Waals surface area contributed by atoms with Gasteiger partial charge in [-0.15, -0.1) is 0 Å². The third-order valence-electron chi connectivity index (χ3n) is 2.48. The molecule has 0 heterocycles. The average Bonchev–Trinajstić information content (AvgIpc) is 2.36. The summed E-state index contributed by atoms with van der Waals surface area (Å²) >= 11 is 0. The Bertz CT molecular complexity index is 707. The van der Waals surface area contributed by atoms with Crippen LogP contribution in [0.1, 0.15) is 0 Å². The van der Waals surface area contributed by atoms with Crippen LogP contribution in [0.3, 0.4) is 0 Å². The lowest BCUT2D eigenvalue weighted by molar-refractivity contribution is 0.281. The zero-order valence-corrected chi connectivity index (χ0v) is 12.7. The molecule has 0 unspecified atom stereocenters. The lowest BCUT2D eigenvalue weighted by atomic mass is 10.0. The van der Waals surface area contributed by atoms with Gasteiger partial charge in [0, 0.05) is 0 Å². The van der Waals surface area contributed by atoms with Gasteiger partial charge in [-0.1, -0.05) is 36.4 Å². The van der Waals surface area contributed by atoms with Crippen LogP contribution in [0.2, 0.25) is 0 Å². The summed E-state index contributed by atoms with van der Waals surface area (Å²) in [6.07, 6.45) is 0. The van der Waals surface area contributed by atoms with Crippen molar-refractivity contribution in [1.29, 1.82) is 0 Å². The maximum absolute atomic E-state index is 11.1. The topological polar surface area (TPSA) is 134 Å². The molecule has 22 heavy (non-hydrogen) atoms. The van der Waals surface area contributed by atoms with Crippen molar-refractivity contribution in [2.75, 3.05) is 0 Å². The van der Waals surface area contributed by atoms with Crippen molar-refractivity contribution in [3.8, 4) is 22.6 Å². The van der Waals surface area contributed by atoms with Gasteiger partial charge in [0.05, 0.1) is 5.56 Å². The van der Waals surface area contributed by atoms with Crippen LogP contribution in [0.5, 0.6) is 11.5 Å². The van der Waals surface area contributed by atoms with Crippen molar-refractivity contribution in [1.82, 2.24) is 0 Å². The third-order valence-corrected chi connectivity index (χ3v) is 3.35. The van der Waals surface area contributed by atoms with Gasteiger partial charge in [-0.05, 0) is 17.7 Å². The summed E-state index contributed by atoms with van der Waals surface area (Å²) in [4.78, 5) is 35.8. The van der Waals surface area contributed by atoms with Crippen molar-refractivity contribution in [3.05, 3.63) is 48.5 Å². The number of rotatable bonds is 5. The summed E-state index contributed by atoms with van der Waals surface area (Å²) in [6.45, 7) is 0. The Morgan fingerprint density at radius 2 is 1.14 bits per heavy atom. The quantitative estimate of drug-likeness (QED) is 0.606. The minimum absolute atomic E-state index is 0.0229. The molecule has 4 N–H and O–H groups in total. The van der Waals surface area contributed by atoms with E-state index in [1.54, 1.807) is 30.3 Å². The zero-order chi connectivity index (χ0) is 16.4. The molecule has 10 heteroatoms. The Hall–Kier alpha value is -1.66.